The lowest BCUT2D eigenvalue weighted by Crippen LogP contribution is -2.47. The third kappa shape index (κ3) is 2.76. The Kier molecular flexibility index (Phi) is 4.55. The predicted molar refractivity (Wildman–Crippen MR) is 74.6 cm³/mol. The van der Waals surface area contributed by atoms with Crippen molar-refractivity contribution in [3.63, 3.8) is 0 Å². The van der Waals surface area contributed by atoms with E-state index in [0.29, 0.717) is 38.2 Å². The van der Waals surface area contributed by atoms with Crippen molar-refractivity contribution in [3.8, 4) is 0 Å². The first kappa shape index (κ1) is 15.1. The second-order valence-corrected chi connectivity index (χ2v) is 5.31. The number of carbonyl (C=O) groups is 1. The maximum atomic E-state index is 14.2. The van der Waals surface area contributed by atoms with Crippen LogP contribution >= 0.6 is 0 Å². The van der Waals surface area contributed by atoms with Gasteiger partial charge in [-0.1, -0.05) is 6.07 Å². The average molecular weight is 280 g/mol. The third-order valence-electron chi connectivity index (χ3n) is 3.79. The Balaban J connectivity index is 2.42. The molecule has 3 nitrogen and oxygen atoms in total. The lowest BCUT2D eigenvalue weighted by Gasteiger charge is -2.35. The van der Waals surface area contributed by atoms with Gasteiger partial charge in [-0.05, 0) is 38.0 Å². The minimum absolute atomic E-state index is 0.158. The summed E-state index contributed by atoms with van der Waals surface area (Å²) >= 11 is 0. The van der Waals surface area contributed by atoms with Crippen LogP contribution in [0.2, 0.25) is 0 Å². The Morgan fingerprint density at radius 2 is 2.00 bits per heavy atom. The first-order valence-electron chi connectivity index (χ1n) is 7.03. The fourth-order valence-corrected chi connectivity index (χ4v) is 2.85. The number of rotatable bonds is 4. The molecule has 0 aromatic heterocycles. The molecule has 2 rings (SSSR count). The third-order valence-corrected chi connectivity index (χ3v) is 3.79. The lowest BCUT2D eigenvalue weighted by atomic mass is 9.83. The summed E-state index contributed by atoms with van der Waals surface area (Å²) in [6.45, 7) is 6.80. The molecule has 4 heteroatoms. The standard InChI is InChI=1S/C16H21FO3/c1-4-20-16(5-7-19-8-6-16)15(18)14-12(3)9-11(2)10-13(14)17/h9-10H,4-8H2,1-3H3. The van der Waals surface area contributed by atoms with Gasteiger partial charge in [0.2, 0.25) is 0 Å². The average Bonchev–Trinajstić information content (AvgIpc) is 2.38. The van der Waals surface area contributed by atoms with Gasteiger partial charge in [-0.2, -0.15) is 0 Å². The van der Waals surface area contributed by atoms with Crippen LogP contribution in [0.15, 0.2) is 12.1 Å². The Bertz CT molecular complexity index is 476. The van der Waals surface area contributed by atoms with E-state index in [4.69, 9.17) is 9.47 Å². The number of aryl methyl sites for hydroxylation is 2. The van der Waals surface area contributed by atoms with Gasteiger partial charge in [-0.3, -0.25) is 4.79 Å². The Morgan fingerprint density at radius 3 is 2.55 bits per heavy atom. The molecular weight excluding hydrogens is 259 g/mol. The second-order valence-electron chi connectivity index (χ2n) is 5.31. The minimum atomic E-state index is -0.937. The second kappa shape index (κ2) is 6.02. The molecule has 110 valence electrons. The predicted octanol–water partition coefficient (Wildman–Crippen LogP) is 3.21. The summed E-state index contributed by atoms with van der Waals surface area (Å²) < 4.78 is 25.3. The van der Waals surface area contributed by atoms with E-state index < -0.39 is 11.4 Å². The Morgan fingerprint density at radius 1 is 1.35 bits per heavy atom. The van der Waals surface area contributed by atoms with Gasteiger partial charge in [0.1, 0.15) is 11.4 Å². The molecule has 1 heterocycles. The van der Waals surface area contributed by atoms with E-state index in [9.17, 15) is 9.18 Å². The van der Waals surface area contributed by atoms with E-state index >= 15 is 0 Å². The van der Waals surface area contributed by atoms with Crippen LogP contribution in [0.25, 0.3) is 0 Å². The summed E-state index contributed by atoms with van der Waals surface area (Å²) in [4.78, 5) is 12.8. The summed E-state index contributed by atoms with van der Waals surface area (Å²) in [5.41, 5.74) is 0.700. The van der Waals surface area contributed by atoms with E-state index in [-0.39, 0.29) is 11.3 Å². The summed E-state index contributed by atoms with van der Waals surface area (Å²) in [5, 5.41) is 0. The van der Waals surface area contributed by atoms with Gasteiger partial charge in [0.25, 0.3) is 0 Å². The number of ether oxygens (including phenoxy) is 2. The molecule has 1 aromatic carbocycles. The molecule has 0 unspecified atom stereocenters. The lowest BCUT2D eigenvalue weighted by molar-refractivity contribution is -0.0824. The van der Waals surface area contributed by atoms with Crippen molar-refractivity contribution in [3.05, 3.63) is 34.6 Å². The number of ketones is 1. The van der Waals surface area contributed by atoms with Crippen molar-refractivity contribution in [1.82, 2.24) is 0 Å². The summed E-state index contributed by atoms with van der Waals surface area (Å²) in [6, 6.07) is 3.23. The van der Waals surface area contributed by atoms with Crippen LogP contribution in [0.4, 0.5) is 4.39 Å². The summed E-state index contributed by atoms with van der Waals surface area (Å²) in [5.74, 6) is -0.712. The van der Waals surface area contributed by atoms with Crippen LogP contribution < -0.4 is 0 Å². The molecule has 20 heavy (non-hydrogen) atoms. The quantitative estimate of drug-likeness (QED) is 0.794. The molecular formula is C16H21FO3. The van der Waals surface area contributed by atoms with Gasteiger partial charge in [0, 0.05) is 32.7 Å². The van der Waals surface area contributed by atoms with Gasteiger partial charge in [-0.15, -0.1) is 0 Å². The van der Waals surface area contributed by atoms with E-state index in [1.54, 1.807) is 6.92 Å². The first-order chi connectivity index (χ1) is 9.50. The van der Waals surface area contributed by atoms with Crippen molar-refractivity contribution < 1.29 is 18.7 Å². The minimum Gasteiger partial charge on any atom is -0.381 e. The number of Topliss-reactive ketones (excluding diaryl/α,β-unsaturated/α-hetero) is 1. The van der Waals surface area contributed by atoms with Gasteiger partial charge < -0.3 is 9.47 Å². The highest BCUT2D eigenvalue weighted by Crippen LogP contribution is 2.31. The monoisotopic (exact) mass is 280 g/mol. The van der Waals surface area contributed by atoms with E-state index in [1.165, 1.54) is 6.07 Å². The zero-order valence-corrected chi connectivity index (χ0v) is 12.3. The Labute approximate surface area is 119 Å². The molecule has 0 N–H and O–H groups in total. The molecule has 1 saturated heterocycles. The maximum Gasteiger partial charge on any atom is 0.198 e. The number of hydrogen-bond donors (Lipinski definition) is 0. The van der Waals surface area contributed by atoms with E-state index in [2.05, 4.69) is 0 Å². The van der Waals surface area contributed by atoms with Gasteiger partial charge in [0.05, 0.1) is 5.56 Å². The smallest absolute Gasteiger partial charge is 0.198 e. The van der Waals surface area contributed by atoms with Crippen LogP contribution in [-0.2, 0) is 9.47 Å². The zero-order valence-electron chi connectivity index (χ0n) is 12.3. The molecule has 0 spiro atoms. The molecule has 0 radical (unpaired) electrons. The van der Waals surface area contributed by atoms with Crippen molar-refractivity contribution >= 4 is 5.78 Å². The number of hydrogen-bond acceptors (Lipinski definition) is 3. The molecule has 0 saturated carbocycles. The first-order valence-corrected chi connectivity index (χ1v) is 7.03. The number of benzene rings is 1. The largest absolute Gasteiger partial charge is 0.381 e. The Hall–Kier alpha value is -1.26. The summed E-state index contributed by atoms with van der Waals surface area (Å²) in [6.07, 6.45) is 0.957. The molecule has 0 atom stereocenters. The SMILES string of the molecule is CCOC1(C(=O)c2c(C)cc(C)cc2F)CCOCC1. The van der Waals surface area contributed by atoms with Crippen molar-refractivity contribution in [2.45, 2.75) is 39.2 Å². The van der Waals surface area contributed by atoms with Gasteiger partial charge in [-0.25, -0.2) is 4.39 Å². The van der Waals surface area contributed by atoms with Gasteiger partial charge in [0.15, 0.2) is 5.78 Å². The molecule has 1 fully saturated rings. The molecule has 0 aliphatic carbocycles. The molecule has 1 aliphatic rings. The van der Waals surface area contributed by atoms with Gasteiger partial charge >= 0.3 is 0 Å². The topological polar surface area (TPSA) is 35.5 Å². The van der Waals surface area contributed by atoms with Crippen LogP contribution in [0.3, 0.4) is 0 Å². The van der Waals surface area contributed by atoms with E-state index in [0.717, 1.165) is 5.56 Å². The molecule has 1 aliphatic heterocycles. The maximum absolute atomic E-state index is 14.2. The number of halogens is 1. The normalized spacial score (nSPS) is 18.0. The van der Waals surface area contributed by atoms with Crippen LogP contribution in [0.5, 0.6) is 0 Å². The molecule has 0 bridgehead atoms. The van der Waals surface area contributed by atoms with Crippen LogP contribution in [-0.4, -0.2) is 31.2 Å². The van der Waals surface area contributed by atoms with Crippen LogP contribution in [0.1, 0.15) is 41.3 Å². The summed E-state index contributed by atoms with van der Waals surface area (Å²) in [7, 11) is 0. The number of carbonyl (C=O) groups excluding carboxylic acids is 1. The van der Waals surface area contributed by atoms with E-state index in [1.807, 2.05) is 19.9 Å². The van der Waals surface area contributed by atoms with Crippen LogP contribution in [0, 0.1) is 19.7 Å². The highest BCUT2D eigenvalue weighted by atomic mass is 19.1. The fraction of sp³-hybridized carbons (Fsp3) is 0.562. The van der Waals surface area contributed by atoms with Crippen molar-refractivity contribution in [2.24, 2.45) is 0 Å². The fourth-order valence-electron chi connectivity index (χ4n) is 2.85. The zero-order chi connectivity index (χ0) is 14.8. The van der Waals surface area contributed by atoms with Crippen molar-refractivity contribution in [1.29, 1.82) is 0 Å². The molecule has 0 amide bonds. The highest BCUT2D eigenvalue weighted by Gasteiger charge is 2.42. The molecule has 1 aromatic rings. The highest BCUT2D eigenvalue weighted by molar-refractivity contribution is 6.04. The van der Waals surface area contributed by atoms with Crippen molar-refractivity contribution in [2.75, 3.05) is 19.8 Å².